The van der Waals surface area contributed by atoms with Gasteiger partial charge in [0.15, 0.2) is 0 Å². The Kier molecular flexibility index (Phi) is 3.56. The van der Waals surface area contributed by atoms with Gasteiger partial charge in [0.25, 0.3) is 0 Å². The van der Waals surface area contributed by atoms with Crippen LogP contribution in [0.15, 0.2) is 47.3 Å². The van der Waals surface area contributed by atoms with Gasteiger partial charge in [-0.2, -0.15) is 0 Å². The Bertz CT molecular complexity index is 498. The van der Waals surface area contributed by atoms with Crippen LogP contribution in [0.2, 0.25) is 0 Å². The second kappa shape index (κ2) is 5.49. The molecule has 0 saturated heterocycles. The molecular formula is C16H19NO2. The van der Waals surface area contributed by atoms with E-state index in [1.807, 2.05) is 18.2 Å². The molecule has 19 heavy (non-hydrogen) atoms. The van der Waals surface area contributed by atoms with Crippen molar-refractivity contribution >= 4 is 0 Å². The highest BCUT2D eigenvalue weighted by Crippen LogP contribution is 2.37. The first-order valence-corrected chi connectivity index (χ1v) is 6.73. The van der Waals surface area contributed by atoms with Crippen LogP contribution in [0.3, 0.4) is 0 Å². The van der Waals surface area contributed by atoms with Gasteiger partial charge >= 0.3 is 0 Å². The van der Waals surface area contributed by atoms with Gasteiger partial charge in [-0.05, 0) is 42.5 Å². The Morgan fingerprint density at radius 3 is 2.63 bits per heavy atom. The van der Waals surface area contributed by atoms with Crippen molar-refractivity contribution in [3.8, 4) is 5.75 Å². The van der Waals surface area contributed by atoms with Crippen molar-refractivity contribution in [3.63, 3.8) is 0 Å². The first kappa shape index (κ1) is 12.3. The maximum absolute atomic E-state index is 5.18. The molecule has 0 spiro atoms. The molecule has 1 aliphatic carbocycles. The Labute approximate surface area is 113 Å². The predicted molar refractivity (Wildman–Crippen MR) is 74.3 cm³/mol. The van der Waals surface area contributed by atoms with Gasteiger partial charge in [0.1, 0.15) is 5.75 Å². The van der Waals surface area contributed by atoms with Crippen LogP contribution in [0.4, 0.5) is 0 Å². The van der Waals surface area contributed by atoms with E-state index in [-0.39, 0.29) is 0 Å². The van der Waals surface area contributed by atoms with Crippen molar-refractivity contribution in [1.29, 1.82) is 0 Å². The van der Waals surface area contributed by atoms with Gasteiger partial charge in [-0.1, -0.05) is 12.1 Å². The Balaban J connectivity index is 1.46. The van der Waals surface area contributed by atoms with Gasteiger partial charge in [-0.3, -0.25) is 0 Å². The zero-order valence-corrected chi connectivity index (χ0v) is 11.1. The van der Waals surface area contributed by atoms with E-state index in [9.17, 15) is 0 Å². The van der Waals surface area contributed by atoms with E-state index in [1.54, 1.807) is 19.6 Å². The van der Waals surface area contributed by atoms with Crippen LogP contribution in [0.25, 0.3) is 0 Å². The fourth-order valence-corrected chi connectivity index (χ4v) is 2.59. The standard InChI is InChI=1S/C16H19NO2/c1-18-16-4-2-13(3-5-16)14-8-15(9-14)17-10-12-6-7-19-11-12/h2-7,11,14-15,17H,8-10H2,1H3. The van der Waals surface area contributed by atoms with E-state index in [0.29, 0.717) is 12.0 Å². The summed E-state index contributed by atoms with van der Waals surface area (Å²) in [6.45, 7) is 0.899. The molecule has 100 valence electrons. The Morgan fingerprint density at radius 2 is 2.00 bits per heavy atom. The summed E-state index contributed by atoms with van der Waals surface area (Å²) in [5, 5.41) is 3.56. The first-order valence-electron chi connectivity index (χ1n) is 6.73. The number of ether oxygens (including phenoxy) is 1. The van der Waals surface area contributed by atoms with Gasteiger partial charge in [-0.25, -0.2) is 0 Å². The number of benzene rings is 1. The van der Waals surface area contributed by atoms with Gasteiger partial charge in [-0.15, -0.1) is 0 Å². The minimum absolute atomic E-state index is 0.627. The van der Waals surface area contributed by atoms with E-state index >= 15 is 0 Å². The SMILES string of the molecule is COc1ccc(C2CC(NCc3ccoc3)C2)cc1. The zero-order chi connectivity index (χ0) is 13.1. The summed E-state index contributed by atoms with van der Waals surface area (Å²) < 4.78 is 10.2. The van der Waals surface area contributed by atoms with Crippen molar-refractivity contribution < 1.29 is 9.15 Å². The minimum Gasteiger partial charge on any atom is -0.497 e. The third kappa shape index (κ3) is 2.82. The number of rotatable bonds is 5. The van der Waals surface area contributed by atoms with Crippen molar-refractivity contribution in [2.45, 2.75) is 31.3 Å². The number of methoxy groups -OCH3 is 1. The smallest absolute Gasteiger partial charge is 0.118 e. The van der Waals surface area contributed by atoms with Gasteiger partial charge < -0.3 is 14.5 Å². The average molecular weight is 257 g/mol. The van der Waals surface area contributed by atoms with E-state index in [0.717, 1.165) is 12.3 Å². The third-order valence-corrected chi connectivity index (χ3v) is 3.90. The third-order valence-electron chi connectivity index (χ3n) is 3.90. The van der Waals surface area contributed by atoms with E-state index in [2.05, 4.69) is 17.4 Å². The van der Waals surface area contributed by atoms with Crippen molar-refractivity contribution in [3.05, 3.63) is 54.0 Å². The topological polar surface area (TPSA) is 34.4 Å². The molecule has 1 aromatic carbocycles. The largest absolute Gasteiger partial charge is 0.497 e. The van der Waals surface area contributed by atoms with Gasteiger partial charge in [0.2, 0.25) is 0 Å². The molecule has 1 aliphatic rings. The van der Waals surface area contributed by atoms with Crippen LogP contribution in [0.1, 0.15) is 29.9 Å². The molecule has 0 amide bonds. The lowest BCUT2D eigenvalue weighted by atomic mass is 9.76. The van der Waals surface area contributed by atoms with Crippen molar-refractivity contribution in [1.82, 2.24) is 5.32 Å². The Hall–Kier alpha value is -1.74. The van der Waals surface area contributed by atoms with Crippen LogP contribution in [0.5, 0.6) is 5.75 Å². The molecule has 0 atom stereocenters. The van der Waals surface area contributed by atoms with E-state index < -0.39 is 0 Å². The number of hydrogen-bond acceptors (Lipinski definition) is 3. The summed E-state index contributed by atoms with van der Waals surface area (Å²) in [7, 11) is 1.70. The summed E-state index contributed by atoms with van der Waals surface area (Å²) in [6, 6.07) is 11.1. The molecule has 0 unspecified atom stereocenters. The fraction of sp³-hybridized carbons (Fsp3) is 0.375. The second-order valence-corrected chi connectivity index (χ2v) is 5.15. The monoisotopic (exact) mass is 257 g/mol. The summed E-state index contributed by atoms with van der Waals surface area (Å²) in [4.78, 5) is 0. The lowest BCUT2D eigenvalue weighted by Gasteiger charge is -2.36. The summed E-state index contributed by atoms with van der Waals surface area (Å²) in [5.74, 6) is 1.62. The van der Waals surface area contributed by atoms with Crippen LogP contribution < -0.4 is 10.1 Å². The zero-order valence-electron chi connectivity index (χ0n) is 11.1. The molecule has 1 saturated carbocycles. The highest BCUT2D eigenvalue weighted by Gasteiger charge is 2.29. The molecule has 0 aliphatic heterocycles. The molecule has 1 N–H and O–H groups in total. The Morgan fingerprint density at radius 1 is 1.21 bits per heavy atom. The molecule has 1 fully saturated rings. The molecular weight excluding hydrogens is 238 g/mol. The quantitative estimate of drug-likeness (QED) is 0.892. The number of nitrogens with one attached hydrogen (secondary N) is 1. The normalized spacial score (nSPS) is 21.9. The fourth-order valence-electron chi connectivity index (χ4n) is 2.59. The maximum Gasteiger partial charge on any atom is 0.118 e. The summed E-state index contributed by atoms with van der Waals surface area (Å²) in [6.07, 6.45) is 5.94. The number of hydrogen-bond donors (Lipinski definition) is 1. The average Bonchev–Trinajstić information content (AvgIpc) is 2.91. The maximum atomic E-state index is 5.18. The molecule has 1 heterocycles. The van der Waals surface area contributed by atoms with Gasteiger partial charge in [0, 0.05) is 18.2 Å². The van der Waals surface area contributed by atoms with Gasteiger partial charge in [0.05, 0.1) is 19.6 Å². The van der Waals surface area contributed by atoms with Crippen molar-refractivity contribution in [2.24, 2.45) is 0 Å². The number of furan rings is 1. The van der Waals surface area contributed by atoms with Crippen molar-refractivity contribution in [2.75, 3.05) is 7.11 Å². The predicted octanol–water partition coefficient (Wildman–Crippen LogP) is 3.32. The lowest BCUT2D eigenvalue weighted by molar-refractivity contribution is 0.289. The van der Waals surface area contributed by atoms with Crippen LogP contribution in [-0.2, 0) is 6.54 Å². The highest BCUT2D eigenvalue weighted by atomic mass is 16.5. The molecule has 1 aromatic heterocycles. The highest BCUT2D eigenvalue weighted by molar-refractivity contribution is 5.31. The first-order chi connectivity index (χ1) is 9.35. The van der Waals surface area contributed by atoms with E-state index in [1.165, 1.54) is 24.0 Å². The molecule has 0 radical (unpaired) electrons. The van der Waals surface area contributed by atoms with Crippen LogP contribution in [0, 0.1) is 0 Å². The summed E-state index contributed by atoms with van der Waals surface area (Å²) >= 11 is 0. The molecule has 0 bridgehead atoms. The summed E-state index contributed by atoms with van der Waals surface area (Å²) in [5.41, 5.74) is 2.63. The molecule has 2 aromatic rings. The minimum atomic E-state index is 0.627. The molecule has 3 nitrogen and oxygen atoms in total. The molecule has 3 heteroatoms. The van der Waals surface area contributed by atoms with Crippen LogP contribution >= 0.6 is 0 Å². The van der Waals surface area contributed by atoms with Crippen LogP contribution in [-0.4, -0.2) is 13.2 Å². The molecule has 3 rings (SSSR count). The lowest BCUT2D eigenvalue weighted by Crippen LogP contribution is -2.39. The second-order valence-electron chi connectivity index (χ2n) is 5.15. The van der Waals surface area contributed by atoms with E-state index in [4.69, 9.17) is 9.15 Å².